The highest BCUT2D eigenvalue weighted by atomic mass is 35.5. The summed E-state index contributed by atoms with van der Waals surface area (Å²) in [7, 11) is 0. The third-order valence-corrected chi connectivity index (χ3v) is 4.76. The molecule has 1 aliphatic carbocycles. The first-order chi connectivity index (χ1) is 11.1. The van der Waals surface area contributed by atoms with Gasteiger partial charge >= 0.3 is 0 Å². The molecular weight excluding hydrogens is 310 g/mol. The lowest BCUT2D eigenvalue weighted by molar-refractivity contribution is 0.462. The van der Waals surface area contributed by atoms with Crippen LogP contribution in [0.1, 0.15) is 37.7 Å². The van der Waals surface area contributed by atoms with Crippen LogP contribution < -0.4 is 16.4 Å². The molecule has 4 N–H and O–H groups in total. The molecule has 1 heterocycles. The van der Waals surface area contributed by atoms with E-state index in [4.69, 9.17) is 17.3 Å². The number of nitrogens with two attached hydrogens (primary N) is 1. The Balaban J connectivity index is 1.80. The predicted molar refractivity (Wildman–Crippen MR) is 96.4 cm³/mol. The van der Waals surface area contributed by atoms with Gasteiger partial charge in [-0.1, -0.05) is 36.9 Å². The first-order valence-corrected chi connectivity index (χ1v) is 8.42. The summed E-state index contributed by atoms with van der Waals surface area (Å²) in [6, 6.07) is 6.16. The molecule has 0 radical (unpaired) electrons. The third kappa shape index (κ3) is 3.67. The average molecular weight is 332 g/mol. The molecule has 0 bridgehead atoms. The Bertz CT molecular complexity index is 683. The first-order valence-electron chi connectivity index (χ1n) is 8.04. The summed E-state index contributed by atoms with van der Waals surface area (Å²) in [6.07, 6.45) is 7.70. The Kier molecular flexibility index (Phi) is 4.86. The number of benzene rings is 1. The maximum Gasteiger partial charge on any atom is 0.159 e. The van der Waals surface area contributed by atoms with Gasteiger partial charge in [0.25, 0.3) is 0 Å². The summed E-state index contributed by atoms with van der Waals surface area (Å²) in [6.45, 7) is 1.96. The fourth-order valence-corrected chi connectivity index (χ4v) is 3.10. The molecule has 0 atom stereocenters. The molecule has 3 rings (SSSR count). The molecule has 0 saturated heterocycles. The molecule has 1 saturated carbocycles. The molecule has 5 nitrogen and oxygen atoms in total. The molecule has 1 aliphatic rings. The van der Waals surface area contributed by atoms with Crippen LogP contribution in [-0.4, -0.2) is 16.0 Å². The first kappa shape index (κ1) is 15.9. The van der Waals surface area contributed by atoms with Crippen molar-refractivity contribution in [2.75, 3.05) is 16.4 Å². The molecule has 0 amide bonds. The van der Waals surface area contributed by atoms with Crippen molar-refractivity contribution in [3.8, 4) is 0 Å². The minimum absolute atomic E-state index is 0.446. The number of aromatic nitrogens is 2. The quantitative estimate of drug-likeness (QED) is 0.768. The van der Waals surface area contributed by atoms with Gasteiger partial charge < -0.3 is 16.4 Å². The van der Waals surface area contributed by atoms with Crippen LogP contribution in [0.4, 0.5) is 23.0 Å². The van der Waals surface area contributed by atoms with Crippen molar-refractivity contribution < 1.29 is 0 Å². The Labute approximate surface area is 141 Å². The van der Waals surface area contributed by atoms with E-state index >= 15 is 0 Å². The standard InChI is InChI=1S/C17H22ClN5/c1-11-13(18)8-5-9-14(11)23-17-15(19)16(20-10-21-17)22-12-6-3-2-4-7-12/h5,8-10,12H,2-4,6-7,19H2,1H3,(H2,20,21,22,23). The minimum atomic E-state index is 0.446. The lowest BCUT2D eigenvalue weighted by Gasteiger charge is -2.24. The Morgan fingerprint density at radius 1 is 1.13 bits per heavy atom. The third-order valence-electron chi connectivity index (χ3n) is 4.35. The number of anilines is 4. The molecule has 0 unspecified atom stereocenters. The Hall–Kier alpha value is -2.01. The van der Waals surface area contributed by atoms with Gasteiger partial charge in [0.1, 0.15) is 12.0 Å². The summed E-state index contributed by atoms with van der Waals surface area (Å²) in [5, 5.41) is 7.43. The van der Waals surface area contributed by atoms with Crippen molar-refractivity contribution in [3.63, 3.8) is 0 Å². The zero-order valence-electron chi connectivity index (χ0n) is 13.3. The van der Waals surface area contributed by atoms with Gasteiger partial charge in [0, 0.05) is 16.8 Å². The smallest absolute Gasteiger partial charge is 0.159 e. The van der Waals surface area contributed by atoms with Crippen LogP contribution in [0.5, 0.6) is 0 Å². The minimum Gasteiger partial charge on any atom is -0.393 e. The average Bonchev–Trinajstić information content (AvgIpc) is 2.56. The van der Waals surface area contributed by atoms with Crippen LogP contribution in [-0.2, 0) is 0 Å². The van der Waals surface area contributed by atoms with E-state index in [1.54, 1.807) is 0 Å². The topological polar surface area (TPSA) is 75.9 Å². The van der Waals surface area contributed by atoms with E-state index in [1.807, 2.05) is 25.1 Å². The zero-order valence-corrected chi connectivity index (χ0v) is 14.0. The summed E-state index contributed by atoms with van der Waals surface area (Å²) in [5.74, 6) is 1.30. The number of nitrogens with zero attached hydrogens (tertiary/aromatic N) is 2. The fraction of sp³-hybridized carbons (Fsp3) is 0.412. The van der Waals surface area contributed by atoms with E-state index in [0.29, 0.717) is 28.4 Å². The highest BCUT2D eigenvalue weighted by molar-refractivity contribution is 6.31. The Morgan fingerprint density at radius 2 is 1.87 bits per heavy atom. The van der Waals surface area contributed by atoms with Crippen LogP contribution in [0, 0.1) is 6.92 Å². The summed E-state index contributed by atoms with van der Waals surface area (Å²) < 4.78 is 0. The number of hydrogen-bond donors (Lipinski definition) is 3. The van der Waals surface area contributed by atoms with Crippen LogP contribution in [0.2, 0.25) is 5.02 Å². The second-order valence-corrected chi connectivity index (χ2v) is 6.41. The largest absolute Gasteiger partial charge is 0.393 e. The number of rotatable bonds is 4. The monoisotopic (exact) mass is 331 g/mol. The van der Waals surface area contributed by atoms with Crippen molar-refractivity contribution >= 4 is 34.6 Å². The van der Waals surface area contributed by atoms with E-state index in [9.17, 15) is 0 Å². The van der Waals surface area contributed by atoms with Gasteiger partial charge in [-0.25, -0.2) is 9.97 Å². The van der Waals surface area contributed by atoms with Gasteiger partial charge in [0.05, 0.1) is 0 Å². The van der Waals surface area contributed by atoms with Gasteiger partial charge in [-0.15, -0.1) is 0 Å². The second kappa shape index (κ2) is 7.04. The molecule has 0 spiro atoms. The maximum absolute atomic E-state index is 6.25. The predicted octanol–water partition coefficient (Wildman–Crippen LogP) is 4.51. The number of hydrogen-bond acceptors (Lipinski definition) is 5. The van der Waals surface area contributed by atoms with Crippen molar-refractivity contribution in [3.05, 3.63) is 35.1 Å². The highest BCUT2D eigenvalue weighted by Crippen LogP contribution is 2.31. The van der Waals surface area contributed by atoms with Gasteiger partial charge in [0.15, 0.2) is 11.6 Å². The molecule has 2 aromatic rings. The number of nitrogen functional groups attached to an aromatic ring is 1. The van der Waals surface area contributed by atoms with Gasteiger partial charge in [-0.2, -0.15) is 0 Å². The number of nitrogens with one attached hydrogen (secondary N) is 2. The Morgan fingerprint density at radius 3 is 2.65 bits per heavy atom. The molecule has 1 aromatic carbocycles. The SMILES string of the molecule is Cc1c(Cl)cccc1Nc1ncnc(NC2CCCCC2)c1N. The molecule has 1 aromatic heterocycles. The zero-order chi connectivity index (χ0) is 16.2. The van der Waals surface area contributed by atoms with Crippen LogP contribution in [0.25, 0.3) is 0 Å². The molecule has 122 valence electrons. The van der Waals surface area contributed by atoms with E-state index in [0.717, 1.165) is 11.3 Å². The lowest BCUT2D eigenvalue weighted by atomic mass is 9.95. The summed E-state index contributed by atoms with van der Waals surface area (Å²) in [4.78, 5) is 8.57. The van der Waals surface area contributed by atoms with Crippen molar-refractivity contribution in [2.45, 2.75) is 45.1 Å². The van der Waals surface area contributed by atoms with E-state index < -0.39 is 0 Å². The molecule has 6 heteroatoms. The van der Waals surface area contributed by atoms with Crippen molar-refractivity contribution in [1.29, 1.82) is 0 Å². The molecule has 23 heavy (non-hydrogen) atoms. The van der Waals surface area contributed by atoms with Crippen molar-refractivity contribution in [2.24, 2.45) is 0 Å². The van der Waals surface area contributed by atoms with Crippen molar-refractivity contribution in [1.82, 2.24) is 9.97 Å². The fourth-order valence-electron chi connectivity index (χ4n) is 2.92. The molecule has 0 aliphatic heterocycles. The van der Waals surface area contributed by atoms with Gasteiger partial charge in [-0.05, 0) is 37.5 Å². The van der Waals surface area contributed by atoms with E-state index in [2.05, 4.69) is 20.6 Å². The van der Waals surface area contributed by atoms with Gasteiger partial charge in [0.2, 0.25) is 0 Å². The molecular formula is C17H22ClN5. The summed E-state index contributed by atoms with van der Waals surface area (Å²) in [5.41, 5.74) is 8.65. The second-order valence-electron chi connectivity index (χ2n) is 6.00. The van der Waals surface area contributed by atoms with Crippen LogP contribution >= 0.6 is 11.6 Å². The van der Waals surface area contributed by atoms with E-state index in [1.165, 1.54) is 38.4 Å². The summed E-state index contributed by atoms with van der Waals surface area (Å²) >= 11 is 6.16. The normalized spacial score (nSPS) is 15.4. The van der Waals surface area contributed by atoms with E-state index in [-0.39, 0.29) is 0 Å². The van der Waals surface area contributed by atoms with Crippen LogP contribution in [0.3, 0.4) is 0 Å². The number of halogens is 1. The maximum atomic E-state index is 6.25. The highest BCUT2D eigenvalue weighted by Gasteiger charge is 2.16. The lowest BCUT2D eigenvalue weighted by Crippen LogP contribution is -2.23. The molecule has 1 fully saturated rings. The van der Waals surface area contributed by atoms with Gasteiger partial charge in [-0.3, -0.25) is 0 Å². The van der Waals surface area contributed by atoms with Crippen LogP contribution in [0.15, 0.2) is 24.5 Å².